The van der Waals surface area contributed by atoms with E-state index >= 15 is 0 Å². The topological polar surface area (TPSA) is 71.9 Å². The van der Waals surface area contributed by atoms with E-state index in [9.17, 15) is 4.57 Å². The second-order valence-electron chi connectivity index (χ2n) is 1.82. The van der Waals surface area contributed by atoms with E-state index < -0.39 is 7.60 Å². The number of allylic oxidation sites excluding steroid dienone is 2. The lowest BCUT2D eigenvalue weighted by Crippen LogP contribution is -2.01. The molecule has 0 aromatic rings. The summed E-state index contributed by atoms with van der Waals surface area (Å²) < 4.78 is 20.7. The summed E-state index contributed by atoms with van der Waals surface area (Å²) in [4.78, 5) is 2.81. The van der Waals surface area contributed by atoms with Crippen molar-refractivity contribution in [2.45, 2.75) is 6.92 Å². The van der Waals surface area contributed by atoms with Gasteiger partial charge in [-0.2, -0.15) is 4.79 Å². The minimum Gasteiger partial charge on any atom is -0.360 e. The Morgan fingerprint density at radius 3 is 2.25 bits per heavy atom. The van der Waals surface area contributed by atoms with Crippen molar-refractivity contribution in [1.29, 1.82) is 0 Å². The number of nitrogens with zero attached hydrogens (tertiary/aromatic N) is 2. The zero-order valence-electron chi connectivity index (χ0n) is 7.22. The molecule has 0 aliphatic rings. The zero-order valence-corrected chi connectivity index (χ0v) is 8.12. The summed E-state index contributed by atoms with van der Waals surface area (Å²) in [5.41, 5.74) is 8.34. The highest BCUT2D eigenvalue weighted by Crippen LogP contribution is 2.47. The highest BCUT2D eigenvalue weighted by atomic mass is 31.2. The van der Waals surface area contributed by atoms with Crippen molar-refractivity contribution in [3.63, 3.8) is 0 Å². The van der Waals surface area contributed by atoms with Crippen LogP contribution in [0.3, 0.4) is 0 Å². The average Bonchev–Trinajstić information content (AvgIpc) is 2.13. The fourth-order valence-corrected chi connectivity index (χ4v) is 1.55. The molecule has 0 heterocycles. The molecule has 0 bridgehead atoms. The normalized spacial score (nSPS) is 11.6. The molecule has 0 aliphatic carbocycles. The summed E-state index contributed by atoms with van der Waals surface area (Å²) in [5, 5.41) is 0. The SMILES string of the molecule is C/C=C/C(=[N+]=[N-])P(=O)(OC)OC. The van der Waals surface area contributed by atoms with Crippen LogP contribution in [0.5, 0.6) is 0 Å². The Balaban J connectivity index is 4.96. The van der Waals surface area contributed by atoms with Crippen molar-refractivity contribution in [2.24, 2.45) is 0 Å². The number of hydrogen-bond acceptors (Lipinski definition) is 3. The van der Waals surface area contributed by atoms with Crippen molar-refractivity contribution in [2.75, 3.05) is 14.2 Å². The fourth-order valence-electron chi connectivity index (χ4n) is 0.590. The van der Waals surface area contributed by atoms with E-state index in [0.29, 0.717) is 0 Å². The summed E-state index contributed by atoms with van der Waals surface area (Å²) in [6.45, 7) is 1.70. The van der Waals surface area contributed by atoms with Crippen molar-refractivity contribution in [3.8, 4) is 0 Å². The van der Waals surface area contributed by atoms with E-state index in [1.165, 1.54) is 20.3 Å². The van der Waals surface area contributed by atoms with Crippen LogP contribution in [0, 0.1) is 0 Å². The third-order valence-corrected chi connectivity index (χ3v) is 2.94. The van der Waals surface area contributed by atoms with Gasteiger partial charge in [0.25, 0.3) is 0 Å². The first-order chi connectivity index (χ1) is 5.64. The highest BCUT2D eigenvalue weighted by Gasteiger charge is 2.35. The average molecular weight is 190 g/mol. The third-order valence-electron chi connectivity index (χ3n) is 1.18. The van der Waals surface area contributed by atoms with E-state index in [4.69, 9.17) is 5.53 Å². The van der Waals surface area contributed by atoms with Gasteiger partial charge in [-0.05, 0) is 6.92 Å². The summed E-state index contributed by atoms with van der Waals surface area (Å²) >= 11 is 0. The number of rotatable bonds is 4. The minimum absolute atomic E-state index is 0.116. The zero-order chi connectivity index (χ0) is 9.61. The molecule has 0 radical (unpaired) electrons. The van der Waals surface area contributed by atoms with E-state index in [1.807, 2.05) is 0 Å². The van der Waals surface area contributed by atoms with Gasteiger partial charge in [0.05, 0.1) is 0 Å². The maximum atomic E-state index is 11.5. The van der Waals surface area contributed by atoms with Crippen LogP contribution in [0.15, 0.2) is 12.2 Å². The molecular formula is C6H11N2O3P. The molecule has 6 heteroatoms. The maximum absolute atomic E-state index is 11.5. The second kappa shape index (κ2) is 5.01. The maximum Gasteiger partial charge on any atom is 0.441 e. The predicted octanol–water partition coefficient (Wildman–Crippen LogP) is 1.68. The van der Waals surface area contributed by atoms with Crippen LogP contribution >= 0.6 is 7.60 Å². The lowest BCUT2D eigenvalue weighted by molar-refractivity contribution is -0.00149. The molecule has 0 N–H and O–H groups in total. The van der Waals surface area contributed by atoms with E-state index in [0.717, 1.165) is 0 Å². The van der Waals surface area contributed by atoms with Crippen molar-refractivity contribution in [1.82, 2.24) is 0 Å². The van der Waals surface area contributed by atoms with Crippen LogP contribution in [0.4, 0.5) is 0 Å². The van der Waals surface area contributed by atoms with Gasteiger partial charge in [-0.15, -0.1) is 0 Å². The standard InChI is InChI=1S/C6H11N2O3P/c1-4-5-6(8-7)12(9,10-2)11-3/h4-5H,1-3H3/b5-4+. The van der Waals surface area contributed by atoms with Crippen LogP contribution in [-0.2, 0) is 13.6 Å². The van der Waals surface area contributed by atoms with Crippen LogP contribution in [-0.4, -0.2) is 24.5 Å². The molecule has 0 saturated carbocycles. The lowest BCUT2D eigenvalue weighted by Gasteiger charge is -2.05. The second-order valence-corrected chi connectivity index (χ2v) is 4.00. The van der Waals surface area contributed by atoms with E-state index in [1.54, 1.807) is 13.0 Å². The molecule has 5 nitrogen and oxygen atoms in total. The van der Waals surface area contributed by atoms with Crippen LogP contribution < -0.4 is 0 Å². The van der Waals surface area contributed by atoms with Crippen LogP contribution in [0.2, 0.25) is 0 Å². The molecule has 0 rings (SSSR count). The Kier molecular flexibility index (Phi) is 4.71. The van der Waals surface area contributed by atoms with Gasteiger partial charge in [0, 0.05) is 20.3 Å². The van der Waals surface area contributed by atoms with Crippen LogP contribution in [0.25, 0.3) is 5.53 Å². The number of hydrogen-bond donors (Lipinski definition) is 0. The first-order valence-electron chi connectivity index (χ1n) is 3.21. The Morgan fingerprint density at radius 1 is 1.50 bits per heavy atom. The molecule has 0 aromatic carbocycles. The van der Waals surface area contributed by atoms with Gasteiger partial charge < -0.3 is 14.6 Å². The molecule has 0 unspecified atom stereocenters. The molecule has 0 amide bonds. The van der Waals surface area contributed by atoms with Crippen molar-refractivity contribution < 1.29 is 18.4 Å². The quantitative estimate of drug-likeness (QED) is 0.293. The summed E-state index contributed by atoms with van der Waals surface area (Å²) in [7, 11) is -0.952. The Morgan fingerprint density at radius 2 is 2.00 bits per heavy atom. The predicted molar refractivity (Wildman–Crippen MR) is 45.1 cm³/mol. The van der Waals surface area contributed by atoms with Gasteiger partial charge >= 0.3 is 13.0 Å². The van der Waals surface area contributed by atoms with Gasteiger partial charge in [0.15, 0.2) is 0 Å². The molecule has 0 aromatic heterocycles. The molecule has 12 heavy (non-hydrogen) atoms. The fraction of sp³-hybridized carbons (Fsp3) is 0.500. The molecule has 0 atom stereocenters. The summed E-state index contributed by atoms with van der Waals surface area (Å²) in [5.74, 6) is 0. The molecular weight excluding hydrogens is 179 g/mol. The Hall–Kier alpha value is -0.730. The Bertz CT molecular complexity index is 260. The first kappa shape index (κ1) is 11.3. The van der Waals surface area contributed by atoms with Gasteiger partial charge in [-0.1, -0.05) is 6.08 Å². The van der Waals surface area contributed by atoms with Gasteiger partial charge in [0.2, 0.25) is 0 Å². The smallest absolute Gasteiger partial charge is 0.360 e. The minimum atomic E-state index is -3.39. The van der Waals surface area contributed by atoms with Gasteiger partial charge in [-0.3, -0.25) is 0 Å². The molecule has 0 fully saturated rings. The molecule has 68 valence electrons. The largest absolute Gasteiger partial charge is 0.441 e. The van der Waals surface area contributed by atoms with Gasteiger partial charge in [0.1, 0.15) is 0 Å². The summed E-state index contributed by atoms with van der Waals surface area (Å²) in [6.07, 6.45) is 2.92. The van der Waals surface area contributed by atoms with E-state index in [-0.39, 0.29) is 5.45 Å². The molecule has 0 saturated heterocycles. The van der Waals surface area contributed by atoms with Crippen molar-refractivity contribution >= 4 is 13.0 Å². The highest BCUT2D eigenvalue weighted by molar-refractivity contribution is 7.72. The lowest BCUT2D eigenvalue weighted by atomic mass is 10.6. The van der Waals surface area contributed by atoms with Crippen LogP contribution in [0.1, 0.15) is 6.92 Å². The van der Waals surface area contributed by atoms with E-state index in [2.05, 4.69) is 13.8 Å². The first-order valence-corrected chi connectivity index (χ1v) is 4.75. The summed E-state index contributed by atoms with van der Waals surface area (Å²) in [6, 6.07) is 0. The monoisotopic (exact) mass is 190 g/mol. The molecule has 0 spiro atoms. The third kappa shape index (κ3) is 2.40. The Labute approximate surface area is 71.1 Å². The molecule has 0 aliphatic heterocycles. The van der Waals surface area contributed by atoms with Crippen molar-refractivity contribution in [3.05, 3.63) is 17.7 Å². The van der Waals surface area contributed by atoms with Gasteiger partial charge in [-0.25, -0.2) is 4.57 Å².